The van der Waals surface area contributed by atoms with Gasteiger partial charge in [0.05, 0.1) is 6.10 Å². The molecule has 0 fully saturated rings. The number of halogens is 3. The molecular weight excluding hydrogens is 431 g/mol. The van der Waals surface area contributed by atoms with Crippen molar-refractivity contribution < 1.29 is 18.6 Å². The number of benzene rings is 1. The zero-order chi connectivity index (χ0) is 17.2. The molecule has 1 rings (SSSR count). The van der Waals surface area contributed by atoms with E-state index in [1.54, 1.807) is 12.1 Å². The fourth-order valence-electron chi connectivity index (χ4n) is 1.80. The smallest absolute Gasteiger partial charge is 0.387 e. The molecule has 0 heterocycles. The van der Waals surface area contributed by atoms with Gasteiger partial charge in [0, 0.05) is 19.6 Å². The third-order valence-electron chi connectivity index (χ3n) is 2.91. The lowest BCUT2D eigenvalue weighted by atomic mass is 10.1. The molecule has 0 saturated heterocycles. The van der Waals surface area contributed by atoms with Crippen LogP contribution in [0.2, 0.25) is 0 Å². The Morgan fingerprint density at radius 3 is 2.33 bits per heavy atom. The fraction of sp³-hybridized carbons (Fsp3) is 0.562. The molecule has 0 aliphatic rings. The monoisotopic (exact) mass is 457 g/mol. The third kappa shape index (κ3) is 9.21. The number of hydrogen-bond acceptors (Lipinski definition) is 3. The number of rotatable bonds is 8. The van der Waals surface area contributed by atoms with E-state index in [0.717, 1.165) is 6.54 Å². The summed E-state index contributed by atoms with van der Waals surface area (Å²) in [6.07, 6.45) is -0.779. The van der Waals surface area contributed by atoms with Crippen LogP contribution in [0.25, 0.3) is 0 Å². The molecule has 0 saturated carbocycles. The van der Waals surface area contributed by atoms with E-state index in [-0.39, 0.29) is 36.3 Å². The van der Waals surface area contributed by atoms with Crippen LogP contribution in [0.4, 0.5) is 8.78 Å². The number of alkyl halides is 2. The largest absolute Gasteiger partial charge is 0.435 e. The summed E-state index contributed by atoms with van der Waals surface area (Å²) in [5, 5.41) is 16.3. The maximum atomic E-state index is 12.1. The molecule has 1 aromatic carbocycles. The maximum absolute atomic E-state index is 12.1. The van der Waals surface area contributed by atoms with Gasteiger partial charge in [-0.25, -0.2) is 0 Å². The van der Waals surface area contributed by atoms with Crippen LogP contribution in [0.5, 0.6) is 5.75 Å². The highest BCUT2D eigenvalue weighted by molar-refractivity contribution is 14.0. The van der Waals surface area contributed by atoms with Gasteiger partial charge in [0.15, 0.2) is 5.96 Å². The first-order valence-corrected chi connectivity index (χ1v) is 7.67. The van der Waals surface area contributed by atoms with Gasteiger partial charge in [-0.3, -0.25) is 4.99 Å². The summed E-state index contributed by atoms with van der Waals surface area (Å²) in [5.41, 5.74) is 0.610. The number of guanidine groups is 1. The van der Waals surface area contributed by atoms with Crippen molar-refractivity contribution in [3.63, 3.8) is 0 Å². The van der Waals surface area contributed by atoms with Crippen LogP contribution in [0.1, 0.15) is 32.4 Å². The van der Waals surface area contributed by atoms with Crippen LogP contribution in [0.3, 0.4) is 0 Å². The average molecular weight is 457 g/mol. The van der Waals surface area contributed by atoms with Crippen molar-refractivity contribution in [2.24, 2.45) is 10.9 Å². The molecule has 0 aliphatic carbocycles. The topological polar surface area (TPSA) is 65.9 Å². The van der Waals surface area contributed by atoms with E-state index in [2.05, 4.69) is 34.2 Å². The molecule has 0 radical (unpaired) electrons. The van der Waals surface area contributed by atoms with E-state index in [1.807, 2.05) is 6.92 Å². The molecular formula is C16H26F2IN3O2. The molecule has 0 spiro atoms. The second kappa shape index (κ2) is 12.2. The molecule has 8 heteroatoms. The van der Waals surface area contributed by atoms with Crippen molar-refractivity contribution in [2.75, 3.05) is 19.6 Å². The Bertz CT molecular complexity index is 485. The van der Waals surface area contributed by atoms with Crippen molar-refractivity contribution in [1.82, 2.24) is 10.6 Å². The van der Waals surface area contributed by atoms with Crippen molar-refractivity contribution in [3.05, 3.63) is 29.8 Å². The van der Waals surface area contributed by atoms with Crippen molar-refractivity contribution in [3.8, 4) is 5.75 Å². The van der Waals surface area contributed by atoms with Gasteiger partial charge >= 0.3 is 6.61 Å². The molecule has 138 valence electrons. The van der Waals surface area contributed by atoms with Crippen molar-refractivity contribution in [2.45, 2.75) is 33.5 Å². The number of hydrogen-bond donors (Lipinski definition) is 3. The van der Waals surface area contributed by atoms with Crippen LogP contribution in [0, 0.1) is 5.92 Å². The Balaban J connectivity index is 0.00000529. The van der Waals surface area contributed by atoms with Gasteiger partial charge in [0.25, 0.3) is 0 Å². The fourth-order valence-corrected chi connectivity index (χ4v) is 1.80. The van der Waals surface area contributed by atoms with E-state index in [9.17, 15) is 13.9 Å². The maximum Gasteiger partial charge on any atom is 0.387 e. The van der Waals surface area contributed by atoms with Crippen LogP contribution >= 0.6 is 24.0 Å². The molecule has 3 N–H and O–H groups in total. The molecule has 0 bridgehead atoms. The zero-order valence-electron chi connectivity index (χ0n) is 14.1. The van der Waals surface area contributed by atoms with Crippen LogP contribution in [0.15, 0.2) is 29.3 Å². The SMILES string of the molecule is CCNC(=NCC(C)C)NCC(O)c1ccc(OC(F)F)cc1.I. The first-order chi connectivity index (χ1) is 10.9. The minimum absolute atomic E-state index is 0. The third-order valence-corrected chi connectivity index (χ3v) is 2.91. The van der Waals surface area contributed by atoms with E-state index < -0.39 is 12.7 Å². The van der Waals surface area contributed by atoms with Gasteiger partial charge in [-0.1, -0.05) is 26.0 Å². The van der Waals surface area contributed by atoms with E-state index >= 15 is 0 Å². The number of aliphatic hydroxyl groups excluding tert-OH is 1. The molecule has 0 aromatic heterocycles. The first-order valence-electron chi connectivity index (χ1n) is 7.67. The van der Waals surface area contributed by atoms with Crippen molar-refractivity contribution in [1.29, 1.82) is 0 Å². The lowest BCUT2D eigenvalue weighted by Gasteiger charge is -2.16. The highest BCUT2D eigenvalue weighted by Gasteiger charge is 2.10. The lowest BCUT2D eigenvalue weighted by Crippen LogP contribution is -2.39. The van der Waals surface area contributed by atoms with Gasteiger partial charge < -0.3 is 20.5 Å². The molecule has 5 nitrogen and oxygen atoms in total. The number of aliphatic imine (C=N–C) groups is 1. The van der Waals surface area contributed by atoms with E-state index in [1.165, 1.54) is 12.1 Å². The van der Waals surface area contributed by atoms with Crippen LogP contribution in [-0.2, 0) is 0 Å². The summed E-state index contributed by atoms with van der Waals surface area (Å²) in [7, 11) is 0. The number of nitrogens with zero attached hydrogens (tertiary/aromatic N) is 1. The second-order valence-corrected chi connectivity index (χ2v) is 5.46. The number of ether oxygens (including phenoxy) is 1. The summed E-state index contributed by atoms with van der Waals surface area (Å²) in [5.74, 6) is 1.14. The van der Waals surface area contributed by atoms with Crippen molar-refractivity contribution >= 4 is 29.9 Å². The zero-order valence-corrected chi connectivity index (χ0v) is 16.5. The highest BCUT2D eigenvalue weighted by atomic mass is 127. The Labute approximate surface area is 158 Å². The Morgan fingerprint density at radius 1 is 1.21 bits per heavy atom. The van der Waals surface area contributed by atoms with Crippen LogP contribution in [-0.4, -0.2) is 37.3 Å². The van der Waals surface area contributed by atoms with E-state index in [4.69, 9.17) is 0 Å². The molecule has 1 aromatic rings. The minimum atomic E-state index is -2.85. The highest BCUT2D eigenvalue weighted by Crippen LogP contribution is 2.18. The van der Waals surface area contributed by atoms with Crippen LogP contribution < -0.4 is 15.4 Å². The predicted molar refractivity (Wildman–Crippen MR) is 102 cm³/mol. The second-order valence-electron chi connectivity index (χ2n) is 5.46. The van der Waals surface area contributed by atoms with E-state index in [0.29, 0.717) is 24.0 Å². The molecule has 1 atom stereocenters. The Kier molecular flexibility index (Phi) is 11.6. The Morgan fingerprint density at radius 2 is 1.83 bits per heavy atom. The molecule has 1 unspecified atom stereocenters. The predicted octanol–water partition coefficient (Wildman–Crippen LogP) is 3.15. The summed E-state index contributed by atoms with van der Waals surface area (Å²) in [4.78, 5) is 4.41. The first kappa shape index (κ1) is 22.8. The van der Waals surface area contributed by atoms with Gasteiger partial charge in [0.1, 0.15) is 5.75 Å². The average Bonchev–Trinajstić information content (AvgIpc) is 2.49. The number of aliphatic hydroxyl groups is 1. The summed E-state index contributed by atoms with van der Waals surface area (Å²) in [6, 6.07) is 5.93. The quantitative estimate of drug-likeness (QED) is 0.319. The standard InChI is InChI=1S/C16H25F2N3O2.HI/c1-4-19-16(20-9-11(2)3)21-10-14(22)12-5-7-13(8-6-12)23-15(17)18;/h5-8,11,14-15,22H,4,9-10H2,1-3H3,(H2,19,20,21);1H. The molecule has 24 heavy (non-hydrogen) atoms. The Hall–Kier alpha value is -1.16. The van der Waals surface area contributed by atoms with Gasteiger partial charge in [0.2, 0.25) is 0 Å². The molecule has 0 amide bonds. The number of nitrogens with one attached hydrogen (secondary N) is 2. The van der Waals surface area contributed by atoms with Gasteiger partial charge in [-0.05, 0) is 30.5 Å². The lowest BCUT2D eigenvalue weighted by molar-refractivity contribution is -0.0498. The molecule has 0 aliphatic heterocycles. The van der Waals surface area contributed by atoms with Gasteiger partial charge in [-0.2, -0.15) is 8.78 Å². The minimum Gasteiger partial charge on any atom is -0.435 e. The normalized spacial score (nSPS) is 12.8. The summed E-state index contributed by atoms with van der Waals surface area (Å²) < 4.78 is 28.5. The summed E-state index contributed by atoms with van der Waals surface area (Å²) in [6.45, 7) is 4.93. The van der Waals surface area contributed by atoms with Gasteiger partial charge in [-0.15, -0.1) is 24.0 Å². The summed E-state index contributed by atoms with van der Waals surface area (Å²) >= 11 is 0.